The lowest BCUT2D eigenvalue weighted by molar-refractivity contribution is 0.0697. The van der Waals surface area contributed by atoms with E-state index in [4.69, 9.17) is 9.84 Å². The molecule has 1 saturated heterocycles. The standard InChI is InChI=1S/C15H18N2O4/c1-9-12(5-7-21-9)16-15(20)17-6-4-10-2-3-11(14(18)19)8-13(10)17/h2-3,8-9,12H,4-7H2,1H3,(H,16,20)(H,18,19). The Bertz CT molecular complexity index is 587. The van der Waals surface area contributed by atoms with Gasteiger partial charge in [-0.3, -0.25) is 4.90 Å². The Balaban J connectivity index is 1.78. The number of hydrogen-bond acceptors (Lipinski definition) is 3. The molecule has 1 aromatic carbocycles. The summed E-state index contributed by atoms with van der Waals surface area (Å²) in [6.07, 6.45) is 1.57. The zero-order chi connectivity index (χ0) is 15.0. The number of anilines is 1. The number of amides is 2. The highest BCUT2D eigenvalue weighted by Gasteiger charge is 2.30. The van der Waals surface area contributed by atoms with Gasteiger partial charge in [0.25, 0.3) is 0 Å². The lowest BCUT2D eigenvalue weighted by Crippen LogP contribution is -2.46. The summed E-state index contributed by atoms with van der Waals surface area (Å²) < 4.78 is 5.44. The number of carbonyl (C=O) groups excluding carboxylic acids is 1. The molecule has 2 aliphatic rings. The molecule has 6 heteroatoms. The molecule has 0 aliphatic carbocycles. The van der Waals surface area contributed by atoms with E-state index in [1.165, 1.54) is 0 Å². The molecule has 0 saturated carbocycles. The Morgan fingerprint density at radius 2 is 2.24 bits per heavy atom. The molecule has 2 aliphatic heterocycles. The lowest BCUT2D eigenvalue weighted by Gasteiger charge is -2.22. The van der Waals surface area contributed by atoms with Crippen LogP contribution in [0.4, 0.5) is 10.5 Å². The van der Waals surface area contributed by atoms with Gasteiger partial charge in [0.1, 0.15) is 0 Å². The molecule has 0 radical (unpaired) electrons. The van der Waals surface area contributed by atoms with Crippen LogP contribution < -0.4 is 10.2 Å². The molecule has 3 rings (SSSR count). The third-order valence-electron chi connectivity index (χ3n) is 4.16. The van der Waals surface area contributed by atoms with Gasteiger partial charge in [-0.05, 0) is 37.5 Å². The molecule has 21 heavy (non-hydrogen) atoms. The summed E-state index contributed by atoms with van der Waals surface area (Å²) in [5.41, 5.74) is 1.90. The van der Waals surface area contributed by atoms with Crippen LogP contribution in [0.15, 0.2) is 18.2 Å². The van der Waals surface area contributed by atoms with Crippen molar-refractivity contribution in [1.82, 2.24) is 5.32 Å². The van der Waals surface area contributed by atoms with Crippen molar-refractivity contribution in [2.45, 2.75) is 31.9 Å². The van der Waals surface area contributed by atoms with Gasteiger partial charge >= 0.3 is 12.0 Å². The summed E-state index contributed by atoms with van der Waals surface area (Å²) in [7, 11) is 0. The summed E-state index contributed by atoms with van der Waals surface area (Å²) in [5.74, 6) is -0.983. The molecule has 0 bridgehead atoms. The average molecular weight is 290 g/mol. The molecule has 2 atom stereocenters. The van der Waals surface area contributed by atoms with Gasteiger partial charge in [0.2, 0.25) is 0 Å². The first-order chi connectivity index (χ1) is 10.1. The van der Waals surface area contributed by atoms with Gasteiger partial charge in [0.15, 0.2) is 0 Å². The maximum Gasteiger partial charge on any atom is 0.335 e. The molecule has 0 spiro atoms. The van der Waals surface area contributed by atoms with Crippen molar-refractivity contribution in [2.24, 2.45) is 0 Å². The predicted octanol–water partition coefficient (Wildman–Crippen LogP) is 1.63. The highest BCUT2D eigenvalue weighted by molar-refractivity contribution is 5.97. The van der Waals surface area contributed by atoms with Crippen LogP contribution in [0.3, 0.4) is 0 Å². The zero-order valence-corrected chi connectivity index (χ0v) is 11.8. The second-order valence-electron chi connectivity index (χ2n) is 5.47. The largest absolute Gasteiger partial charge is 0.478 e. The smallest absolute Gasteiger partial charge is 0.335 e. The van der Waals surface area contributed by atoms with E-state index in [1.807, 2.05) is 6.92 Å². The Morgan fingerprint density at radius 1 is 1.43 bits per heavy atom. The van der Waals surface area contributed by atoms with E-state index in [0.29, 0.717) is 18.8 Å². The molecule has 2 unspecified atom stereocenters. The van der Waals surface area contributed by atoms with E-state index in [9.17, 15) is 9.59 Å². The van der Waals surface area contributed by atoms with Crippen molar-refractivity contribution in [1.29, 1.82) is 0 Å². The van der Waals surface area contributed by atoms with E-state index < -0.39 is 5.97 Å². The first-order valence-corrected chi connectivity index (χ1v) is 7.12. The number of carboxylic acid groups (broad SMARTS) is 1. The molecule has 2 amide bonds. The number of nitrogens with one attached hydrogen (secondary N) is 1. The van der Waals surface area contributed by atoms with Crippen LogP contribution in [0.1, 0.15) is 29.3 Å². The third kappa shape index (κ3) is 2.58. The highest BCUT2D eigenvalue weighted by atomic mass is 16.5. The summed E-state index contributed by atoms with van der Waals surface area (Å²) in [4.78, 5) is 25.1. The normalized spacial score (nSPS) is 24.0. The first-order valence-electron chi connectivity index (χ1n) is 7.12. The molecule has 2 N–H and O–H groups in total. The predicted molar refractivity (Wildman–Crippen MR) is 76.8 cm³/mol. The number of rotatable bonds is 2. The number of urea groups is 1. The second-order valence-corrected chi connectivity index (χ2v) is 5.47. The number of nitrogens with zero attached hydrogens (tertiary/aromatic N) is 1. The van der Waals surface area contributed by atoms with Crippen LogP contribution in [0, 0.1) is 0 Å². The van der Waals surface area contributed by atoms with Gasteiger partial charge in [-0.15, -0.1) is 0 Å². The van der Waals surface area contributed by atoms with Gasteiger partial charge < -0.3 is 15.2 Å². The molecule has 6 nitrogen and oxygen atoms in total. The third-order valence-corrected chi connectivity index (χ3v) is 4.16. The van der Waals surface area contributed by atoms with Crippen molar-refractivity contribution in [3.63, 3.8) is 0 Å². The first kappa shape index (κ1) is 13.9. The van der Waals surface area contributed by atoms with Crippen LogP contribution in [-0.2, 0) is 11.2 Å². The number of carbonyl (C=O) groups is 2. The fourth-order valence-electron chi connectivity index (χ4n) is 2.88. The summed E-state index contributed by atoms with van der Waals surface area (Å²) in [6.45, 7) is 3.18. The van der Waals surface area contributed by atoms with Crippen molar-refractivity contribution in [3.8, 4) is 0 Å². The van der Waals surface area contributed by atoms with E-state index in [-0.39, 0.29) is 23.7 Å². The fraction of sp³-hybridized carbons (Fsp3) is 0.467. The van der Waals surface area contributed by atoms with E-state index >= 15 is 0 Å². The zero-order valence-electron chi connectivity index (χ0n) is 11.8. The van der Waals surface area contributed by atoms with Gasteiger partial charge in [-0.1, -0.05) is 6.07 Å². The number of benzene rings is 1. The van der Waals surface area contributed by atoms with Crippen LogP contribution >= 0.6 is 0 Å². The van der Waals surface area contributed by atoms with Gasteiger partial charge in [0.05, 0.1) is 17.7 Å². The molecular formula is C15H18N2O4. The van der Waals surface area contributed by atoms with Crippen LogP contribution in [0.2, 0.25) is 0 Å². The Kier molecular flexibility index (Phi) is 3.55. The Morgan fingerprint density at radius 3 is 2.90 bits per heavy atom. The quantitative estimate of drug-likeness (QED) is 0.867. The Hall–Kier alpha value is -2.08. The van der Waals surface area contributed by atoms with Gasteiger partial charge in [-0.25, -0.2) is 9.59 Å². The number of ether oxygens (including phenoxy) is 1. The monoisotopic (exact) mass is 290 g/mol. The van der Waals surface area contributed by atoms with E-state index in [0.717, 1.165) is 18.4 Å². The minimum absolute atomic E-state index is 0.0152. The second kappa shape index (κ2) is 5.37. The van der Waals surface area contributed by atoms with Crippen molar-refractivity contribution < 1.29 is 19.4 Å². The summed E-state index contributed by atoms with van der Waals surface area (Å²) in [6, 6.07) is 4.77. The van der Waals surface area contributed by atoms with Crippen LogP contribution in [-0.4, -0.2) is 42.4 Å². The molecular weight excluding hydrogens is 272 g/mol. The van der Waals surface area contributed by atoms with E-state index in [2.05, 4.69) is 5.32 Å². The molecule has 1 aromatic rings. The fourth-order valence-corrected chi connectivity index (χ4v) is 2.88. The van der Waals surface area contributed by atoms with Crippen molar-refractivity contribution in [3.05, 3.63) is 29.3 Å². The van der Waals surface area contributed by atoms with Gasteiger partial charge in [0, 0.05) is 18.8 Å². The number of aromatic carboxylic acids is 1. The highest BCUT2D eigenvalue weighted by Crippen LogP contribution is 2.29. The SMILES string of the molecule is CC1OCCC1NC(=O)N1CCc2ccc(C(=O)O)cc21. The number of carboxylic acids is 1. The number of fused-ring (bicyclic) bond motifs is 1. The van der Waals surface area contributed by atoms with E-state index in [1.54, 1.807) is 23.1 Å². The minimum atomic E-state index is -0.983. The Labute approximate surface area is 122 Å². The van der Waals surface area contributed by atoms with Crippen molar-refractivity contribution in [2.75, 3.05) is 18.1 Å². The lowest BCUT2D eigenvalue weighted by atomic mass is 10.1. The maximum atomic E-state index is 12.4. The van der Waals surface area contributed by atoms with Crippen LogP contribution in [0.25, 0.3) is 0 Å². The minimum Gasteiger partial charge on any atom is -0.478 e. The average Bonchev–Trinajstić information content (AvgIpc) is 3.04. The topological polar surface area (TPSA) is 78.9 Å². The maximum absolute atomic E-state index is 12.4. The molecule has 112 valence electrons. The van der Waals surface area contributed by atoms with Gasteiger partial charge in [-0.2, -0.15) is 0 Å². The molecule has 0 aromatic heterocycles. The van der Waals surface area contributed by atoms with Crippen LogP contribution in [0.5, 0.6) is 0 Å². The van der Waals surface area contributed by atoms with Crippen molar-refractivity contribution >= 4 is 17.7 Å². The number of hydrogen-bond donors (Lipinski definition) is 2. The summed E-state index contributed by atoms with van der Waals surface area (Å²) in [5, 5.41) is 12.0. The molecule has 2 heterocycles. The molecule has 1 fully saturated rings. The summed E-state index contributed by atoms with van der Waals surface area (Å²) >= 11 is 0.